The molecule has 0 aliphatic heterocycles. The van der Waals surface area contributed by atoms with Gasteiger partial charge in [-0.1, -0.05) is 0 Å². The Morgan fingerprint density at radius 2 is 1.77 bits per heavy atom. The number of hydrogen-bond donors (Lipinski definition) is 1. The van der Waals surface area contributed by atoms with Gasteiger partial charge in [0.05, 0.1) is 0 Å². The van der Waals surface area contributed by atoms with Gasteiger partial charge in [-0.05, 0) is 32.7 Å². The molecule has 0 amide bonds. The SMILES string of the molecule is COCCCCNC(C)CCOC. The quantitative estimate of drug-likeness (QED) is 0.557. The number of rotatable bonds is 9. The van der Waals surface area contributed by atoms with Crippen LogP contribution in [0.3, 0.4) is 0 Å². The molecule has 1 unspecified atom stereocenters. The minimum atomic E-state index is 0.558. The van der Waals surface area contributed by atoms with E-state index in [9.17, 15) is 0 Å². The van der Waals surface area contributed by atoms with Gasteiger partial charge in [-0.15, -0.1) is 0 Å². The number of unbranched alkanes of at least 4 members (excludes halogenated alkanes) is 1. The lowest BCUT2D eigenvalue weighted by atomic mass is 10.2. The predicted molar refractivity (Wildman–Crippen MR) is 55.1 cm³/mol. The largest absolute Gasteiger partial charge is 0.385 e. The molecule has 0 spiro atoms. The van der Waals surface area contributed by atoms with Crippen LogP contribution in [-0.2, 0) is 9.47 Å². The molecule has 13 heavy (non-hydrogen) atoms. The van der Waals surface area contributed by atoms with Crippen molar-refractivity contribution in [2.45, 2.75) is 32.2 Å². The van der Waals surface area contributed by atoms with E-state index >= 15 is 0 Å². The predicted octanol–water partition coefficient (Wildman–Crippen LogP) is 1.43. The fourth-order valence-electron chi connectivity index (χ4n) is 1.12. The average molecular weight is 189 g/mol. The molecular weight excluding hydrogens is 166 g/mol. The molecule has 3 nitrogen and oxygen atoms in total. The summed E-state index contributed by atoms with van der Waals surface area (Å²) in [6, 6.07) is 0.558. The summed E-state index contributed by atoms with van der Waals surface area (Å²) in [5, 5.41) is 3.44. The summed E-state index contributed by atoms with van der Waals surface area (Å²) in [4.78, 5) is 0. The van der Waals surface area contributed by atoms with Gasteiger partial charge in [-0.3, -0.25) is 0 Å². The number of hydrogen-bond acceptors (Lipinski definition) is 3. The van der Waals surface area contributed by atoms with Crippen molar-refractivity contribution in [3.63, 3.8) is 0 Å². The molecular formula is C10H23NO2. The van der Waals surface area contributed by atoms with Crippen LogP contribution < -0.4 is 5.32 Å². The van der Waals surface area contributed by atoms with Crippen LogP contribution in [0.5, 0.6) is 0 Å². The lowest BCUT2D eigenvalue weighted by molar-refractivity contribution is 0.182. The van der Waals surface area contributed by atoms with Crippen LogP contribution in [0.25, 0.3) is 0 Å². The highest BCUT2D eigenvalue weighted by Gasteiger charge is 1.98. The number of ether oxygens (including phenoxy) is 2. The second-order valence-corrected chi connectivity index (χ2v) is 3.34. The zero-order valence-corrected chi connectivity index (χ0v) is 9.14. The van der Waals surface area contributed by atoms with Crippen molar-refractivity contribution in [2.75, 3.05) is 34.0 Å². The van der Waals surface area contributed by atoms with Crippen molar-refractivity contribution in [1.29, 1.82) is 0 Å². The number of methoxy groups -OCH3 is 2. The van der Waals surface area contributed by atoms with Crippen LogP contribution in [0.4, 0.5) is 0 Å². The highest BCUT2D eigenvalue weighted by Crippen LogP contribution is 1.92. The summed E-state index contributed by atoms with van der Waals surface area (Å²) in [6.07, 6.45) is 3.41. The average Bonchev–Trinajstić information content (AvgIpc) is 2.14. The van der Waals surface area contributed by atoms with Gasteiger partial charge in [0.1, 0.15) is 0 Å². The van der Waals surface area contributed by atoms with Crippen molar-refractivity contribution in [1.82, 2.24) is 5.32 Å². The van der Waals surface area contributed by atoms with E-state index in [-0.39, 0.29) is 0 Å². The maximum atomic E-state index is 5.00. The highest BCUT2D eigenvalue weighted by atomic mass is 16.5. The lowest BCUT2D eigenvalue weighted by Crippen LogP contribution is -2.28. The molecule has 0 bridgehead atoms. The van der Waals surface area contributed by atoms with Crippen LogP contribution in [-0.4, -0.2) is 40.0 Å². The van der Waals surface area contributed by atoms with Crippen molar-refractivity contribution in [3.8, 4) is 0 Å². The van der Waals surface area contributed by atoms with Crippen LogP contribution in [0, 0.1) is 0 Å². The number of nitrogens with one attached hydrogen (secondary N) is 1. The monoisotopic (exact) mass is 189 g/mol. The third-order valence-corrected chi connectivity index (χ3v) is 2.02. The Morgan fingerprint density at radius 3 is 2.38 bits per heavy atom. The summed E-state index contributed by atoms with van der Waals surface area (Å²) in [5.74, 6) is 0. The molecule has 0 heterocycles. The topological polar surface area (TPSA) is 30.5 Å². The smallest absolute Gasteiger partial charge is 0.0476 e. The minimum Gasteiger partial charge on any atom is -0.385 e. The Morgan fingerprint density at radius 1 is 1.08 bits per heavy atom. The first kappa shape index (κ1) is 12.9. The van der Waals surface area contributed by atoms with E-state index in [0.717, 1.165) is 32.6 Å². The maximum Gasteiger partial charge on any atom is 0.0476 e. The molecule has 0 fully saturated rings. The standard InChI is InChI=1S/C10H23NO2/c1-10(6-9-13-3)11-7-4-5-8-12-2/h10-11H,4-9H2,1-3H3. The maximum absolute atomic E-state index is 5.00. The molecule has 0 aliphatic carbocycles. The zero-order valence-electron chi connectivity index (χ0n) is 9.14. The second-order valence-electron chi connectivity index (χ2n) is 3.34. The molecule has 0 rings (SSSR count). The van der Waals surface area contributed by atoms with Gasteiger partial charge in [0, 0.05) is 33.5 Å². The summed E-state index contributed by atoms with van der Waals surface area (Å²) in [7, 11) is 3.49. The van der Waals surface area contributed by atoms with E-state index in [0.29, 0.717) is 6.04 Å². The van der Waals surface area contributed by atoms with Gasteiger partial charge in [0.2, 0.25) is 0 Å². The van der Waals surface area contributed by atoms with E-state index in [4.69, 9.17) is 9.47 Å². The van der Waals surface area contributed by atoms with Gasteiger partial charge in [-0.25, -0.2) is 0 Å². The van der Waals surface area contributed by atoms with Crippen LogP contribution in [0.15, 0.2) is 0 Å². The fraction of sp³-hybridized carbons (Fsp3) is 1.00. The zero-order chi connectivity index (χ0) is 9.94. The van der Waals surface area contributed by atoms with Crippen LogP contribution >= 0.6 is 0 Å². The summed E-state index contributed by atoms with van der Waals surface area (Å²) >= 11 is 0. The highest BCUT2D eigenvalue weighted by molar-refractivity contribution is 4.59. The molecule has 0 aromatic heterocycles. The van der Waals surface area contributed by atoms with Gasteiger partial charge in [0.15, 0.2) is 0 Å². The molecule has 0 aliphatic rings. The van der Waals surface area contributed by atoms with Crippen LogP contribution in [0.1, 0.15) is 26.2 Å². The van der Waals surface area contributed by atoms with E-state index < -0.39 is 0 Å². The van der Waals surface area contributed by atoms with Crippen molar-refractivity contribution >= 4 is 0 Å². The minimum absolute atomic E-state index is 0.558. The Balaban J connectivity index is 3.03. The first-order valence-electron chi connectivity index (χ1n) is 5.02. The summed E-state index contributed by atoms with van der Waals surface area (Å²) in [6.45, 7) is 4.98. The second kappa shape index (κ2) is 9.96. The van der Waals surface area contributed by atoms with Gasteiger partial charge >= 0.3 is 0 Å². The van der Waals surface area contributed by atoms with E-state index in [2.05, 4.69) is 12.2 Å². The molecule has 1 N–H and O–H groups in total. The Bertz CT molecular complexity index is 98.9. The molecule has 0 saturated heterocycles. The fourth-order valence-corrected chi connectivity index (χ4v) is 1.12. The van der Waals surface area contributed by atoms with E-state index in [1.165, 1.54) is 6.42 Å². The van der Waals surface area contributed by atoms with Crippen molar-refractivity contribution in [3.05, 3.63) is 0 Å². The molecule has 0 aromatic carbocycles. The third-order valence-electron chi connectivity index (χ3n) is 2.02. The van der Waals surface area contributed by atoms with E-state index in [1.54, 1.807) is 14.2 Å². The Hall–Kier alpha value is -0.120. The van der Waals surface area contributed by atoms with E-state index in [1.807, 2.05) is 0 Å². The first-order chi connectivity index (χ1) is 6.31. The van der Waals surface area contributed by atoms with Crippen molar-refractivity contribution < 1.29 is 9.47 Å². The van der Waals surface area contributed by atoms with Crippen molar-refractivity contribution in [2.24, 2.45) is 0 Å². The summed E-state index contributed by atoms with van der Waals surface area (Å²) < 4.78 is 9.96. The Labute approximate surface area is 81.8 Å². The lowest BCUT2D eigenvalue weighted by Gasteiger charge is -2.12. The third kappa shape index (κ3) is 9.80. The van der Waals surface area contributed by atoms with Gasteiger partial charge < -0.3 is 14.8 Å². The van der Waals surface area contributed by atoms with Gasteiger partial charge in [0.25, 0.3) is 0 Å². The molecule has 80 valence electrons. The molecule has 1 atom stereocenters. The normalized spacial score (nSPS) is 13.2. The van der Waals surface area contributed by atoms with Crippen LogP contribution in [0.2, 0.25) is 0 Å². The first-order valence-corrected chi connectivity index (χ1v) is 5.02. The molecule has 0 radical (unpaired) electrons. The Kier molecular flexibility index (Phi) is 9.87. The molecule has 3 heteroatoms. The van der Waals surface area contributed by atoms with Gasteiger partial charge in [-0.2, -0.15) is 0 Å². The molecule has 0 aromatic rings. The molecule has 0 saturated carbocycles. The summed E-state index contributed by atoms with van der Waals surface area (Å²) in [5.41, 5.74) is 0.